The fourth-order valence-electron chi connectivity index (χ4n) is 1.74. The molecule has 4 nitrogen and oxygen atoms in total. The Bertz CT molecular complexity index is 704. The van der Waals surface area contributed by atoms with Crippen molar-refractivity contribution >= 4 is 44.7 Å². The number of hydrogen-bond donors (Lipinski definition) is 2. The molecule has 108 valence electrons. The number of carbonyl (C=O) groups is 1. The Morgan fingerprint density at radius 3 is 2.62 bits per heavy atom. The monoisotopic (exact) mass is 364 g/mol. The Morgan fingerprint density at radius 2 is 1.95 bits per heavy atom. The first-order chi connectivity index (χ1) is 10.0. The SMILES string of the molecule is COc1ccc(Br)c(NC(=O)c2cccc(C(N)=S)c2)c1. The summed E-state index contributed by atoms with van der Waals surface area (Å²) in [5.41, 5.74) is 7.33. The van der Waals surface area contributed by atoms with Crippen molar-refractivity contribution in [2.75, 3.05) is 12.4 Å². The first kappa shape index (κ1) is 15.5. The lowest BCUT2D eigenvalue weighted by Crippen LogP contribution is -2.15. The first-order valence-electron chi connectivity index (χ1n) is 6.06. The summed E-state index contributed by atoms with van der Waals surface area (Å²) >= 11 is 8.30. The van der Waals surface area contributed by atoms with Crippen molar-refractivity contribution in [1.82, 2.24) is 0 Å². The number of methoxy groups -OCH3 is 1. The van der Waals surface area contributed by atoms with Crippen molar-refractivity contribution < 1.29 is 9.53 Å². The molecule has 0 saturated carbocycles. The minimum Gasteiger partial charge on any atom is -0.497 e. The molecular formula is C15H13BrN2O2S. The number of carbonyl (C=O) groups excluding carboxylic acids is 1. The number of hydrogen-bond acceptors (Lipinski definition) is 3. The fraction of sp³-hybridized carbons (Fsp3) is 0.0667. The molecule has 0 bridgehead atoms. The molecule has 6 heteroatoms. The zero-order valence-corrected chi connectivity index (χ0v) is 13.6. The maximum Gasteiger partial charge on any atom is 0.255 e. The van der Waals surface area contributed by atoms with Gasteiger partial charge in [-0.2, -0.15) is 0 Å². The van der Waals surface area contributed by atoms with Crippen LogP contribution in [0.4, 0.5) is 5.69 Å². The van der Waals surface area contributed by atoms with Crippen LogP contribution in [0.1, 0.15) is 15.9 Å². The van der Waals surface area contributed by atoms with E-state index in [-0.39, 0.29) is 10.9 Å². The van der Waals surface area contributed by atoms with Gasteiger partial charge in [-0.15, -0.1) is 0 Å². The molecule has 0 aliphatic carbocycles. The van der Waals surface area contributed by atoms with Crippen LogP contribution in [0.2, 0.25) is 0 Å². The highest BCUT2D eigenvalue weighted by molar-refractivity contribution is 9.10. The van der Waals surface area contributed by atoms with E-state index in [1.165, 1.54) is 0 Å². The van der Waals surface area contributed by atoms with Crippen molar-refractivity contribution in [3.63, 3.8) is 0 Å². The molecule has 0 aromatic heterocycles. The number of halogens is 1. The molecule has 0 heterocycles. The Labute approximate surface area is 136 Å². The molecule has 2 rings (SSSR count). The number of anilines is 1. The lowest BCUT2D eigenvalue weighted by Gasteiger charge is -2.10. The molecule has 0 unspecified atom stereocenters. The summed E-state index contributed by atoms with van der Waals surface area (Å²) < 4.78 is 5.91. The molecule has 0 saturated heterocycles. The van der Waals surface area contributed by atoms with Crippen molar-refractivity contribution in [1.29, 1.82) is 0 Å². The molecule has 2 aromatic rings. The van der Waals surface area contributed by atoms with Gasteiger partial charge >= 0.3 is 0 Å². The van der Waals surface area contributed by atoms with Crippen LogP contribution in [0.15, 0.2) is 46.9 Å². The van der Waals surface area contributed by atoms with Gasteiger partial charge in [0.25, 0.3) is 5.91 Å². The number of nitrogens with two attached hydrogens (primary N) is 1. The Morgan fingerprint density at radius 1 is 1.24 bits per heavy atom. The van der Waals surface area contributed by atoms with Crippen LogP contribution in [0.5, 0.6) is 5.75 Å². The summed E-state index contributed by atoms with van der Waals surface area (Å²) in [6.07, 6.45) is 0. The van der Waals surface area contributed by atoms with Gasteiger partial charge in [-0.25, -0.2) is 0 Å². The molecule has 1 amide bonds. The third-order valence-corrected chi connectivity index (χ3v) is 3.76. The van der Waals surface area contributed by atoms with E-state index < -0.39 is 0 Å². The van der Waals surface area contributed by atoms with Gasteiger partial charge in [0.2, 0.25) is 0 Å². The van der Waals surface area contributed by atoms with Gasteiger partial charge in [0.05, 0.1) is 12.8 Å². The normalized spacial score (nSPS) is 10.0. The first-order valence-corrected chi connectivity index (χ1v) is 7.26. The summed E-state index contributed by atoms with van der Waals surface area (Å²) in [4.78, 5) is 12.5. The number of rotatable bonds is 4. The minimum atomic E-state index is -0.248. The molecule has 2 aromatic carbocycles. The van der Waals surface area contributed by atoms with Gasteiger partial charge < -0.3 is 15.8 Å². The van der Waals surface area contributed by atoms with Gasteiger partial charge in [0, 0.05) is 21.7 Å². The molecule has 3 N–H and O–H groups in total. The Balaban J connectivity index is 2.25. The number of ether oxygens (including phenoxy) is 1. The van der Waals surface area contributed by atoms with Crippen LogP contribution < -0.4 is 15.8 Å². The van der Waals surface area contributed by atoms with E-state index in [4.69, 9.17) is 22.7 Å². The van der Waals surface area contributed by atoms with E-state index >= 15 is 0 Å². The van der Waals surface area contributed by atoms with E-state index in [1.807, 2.05) is 0 Å². The van der Waals surface area contributed by atoms with Crippen LogP contribution in [0, 0.1) is 0 Å². The van der Waals surface area contributed by atoms with Crippen molar-refractivity contribution in [3.05, 3.63) is 58.1 Å². The van der Waals surface area contributed by atoms with Crippen LogP contribution in [-0.2, 0) is 0 Å². The molecule has 0 atom stereocenters. The van der Waals surface area contributed by atoms with Crippen LogP contribution in [0.25, 0.3) is 0 Å². The maximum atomic E-state index is 12.3. The molecule has 21 heavy (non-hydrogen) atoms. The summed E-state index contributed by atoms with van der Waals surface area (Å²) in [5.74, 6) is 0.410. The topological polar surface area (TPSA) is 64.3 Å². The minimum absolute atomic E-state index is 0.248. The second kappa shape index (κ2) is 6.69. The average molecular weight is 365 g/mol. The molecule has 0 radical (unpaired) electrons. The van der Waals surface area contributed by atoms with Gasteiger partial charge in [0.15, 0.2) is 0 Å². The fourth-order valence-corrected chi connectivity index (χ4v) is 2.21. The van der Waals surface area contributed by atoms with Crippen LogP contribution in [-0.4, -0.2) is 18.0 Å². The molecule has 0 fully saturated rings. The van der Waals surface area contributed by atoms with E-state index in [2.05, 4.69) is 21.2 Å². The highest BCUT2D eigenvalue weighted by Gasteiger charge is 2.10. The molecule has 0 aliphatic heterocycles. The largest absolute Gasteiger partial charge is 0.497 e. The Kier molecular flexibility index (Phi) is 4.93. The molecule has 0 aliphatic rings. The zero-order valence-electron chi connectivity index (χ0n) is 11.2. The zero-order chi connectivity index (χ0) is 15.4. The van der Waals surface area contributed by atoms with E-state index in [1.54, 1.807) is 49.6 Å². The summed E-state index contributed by atoms with van der Waals surface area (Å²) in [7, 11) is 1.57. The molecule has 0 spiro atoms. The second-order valence-corrected chi connectivity index (χ2v) is 5.54. The average Bonchev–Trinajstić information content (AvgIpc) is 2.49. The third kappa shape index (κ3) is 3.80. The summed E-state index contributed by atoms with van der Waals surface area (Å²) in [6, 6.07) is 12.2. The second-order valence-electron chi connectivity index (χ2n) is 4.24. The van der Waals surface area contributed by atoms with Crippen molar-refractivity contribution in [2.24, 2.45) is 5.73 Å². The smallest absolute Gasteiger partial charge is 0.255 e. The predicted octanol–water partition coefficient (Wildman–Crippen LogP) is 3.34. The molecular weight excluding hydrogens is 352 g/mol. The van der Waals surface area contributed by atoms with Crippen molar-refractivity contribution in [3.8, 4) is 5.75 Å². The van der Waals surface area contributed by atoms with Crippen LogP contribution in [0.3, 0.4) is 0 Å². The highest BCUT2D eigenvalue weighted by atomic mass is 79.9. The van der Waals surface area contributed by atoms with Crippen molar-refractivity contribution in [2.45, 2.75) is 0 Å². The standard InChI is InChI=1S/C15H13BrN2O2S/c1-20-11-5-6-12(16)13(8-11)18-15(19)10-4-2-3-9(7-10)14(17)21/h2-8H,1H3,(H2,17,21)(H,18,19). The van der Waals surface area contributed by atoms with Crippen LogP contribution >= 0.6 is 28.1 Å². The quantitative estimate of drug-likeness (QED) is 0.816. The van der Waals surface area contributed by atoms with E-state index in [0.29, 0.717) is 22.6 Å². The van der Waals surface area contributed by atoms with Gasteiger partial charge in [-0.3, -0.25) is 4.79 Å². The Hall–Kier alpha value is -1.92. The summed E-state index contributed by atoms with van der Waals surface area (Å²) in [6.45, 7) is 0. The van der Waals surface area contributed by atoms with Gasteiger partial charge in [-0.05, 0) is 40.2 Å². The van der Waals surface area contributed by atoms with E-state index in [9.17, 15) is 4.79 Å². The highest BCUT2D eigenvalue weighted by Crippen LogP contribution is 2.27. The summed E-state index contributed by atoms with van der Waals surface area (Å²) in [5, 5.41) is 2.82. The lowest BCUT2D eigenvalue weighted by atomic mass is 10.1. The third-order valence-electron chi connectivity index (χ3n) is 2.83. The van der Waals surface area contributed by atoms with Gasteiger partial charge in [0.1, 0.15) is 10.7 Å². The predicted molar refractivity (Wildman–Crippen MR) is 91.0 cm³/mol. The number of thiocarbonyl (C=S) groups is 1. The number of amides is 1. The lowest BCUT2D eigenvalue weighted by molar-refractivity contribution is 0.102. The van der Waals surface area contributed by atoms with E-state index in [0.717, 1.165) is 4.47 Å². The number of benzene rings is 2. The number of nitrogens with one attached hydrogen (secondary N) is 1. The maximum absolute atomic E-state index is 12.3. The van der Waals surface area contributed by atoms with Gasteiger partial charge in [-0.1, -0.05) is 24.4 Å².